The topological polar surface area (TPSA) is 57.3 Å². The highest BCUT2D eigenvalue weighted by atomic mass is 16.5. The van der Waals surface area contributed by atoms with Crippen LogP contribution in [0.15, 0.2) is 24.3 Å². The molecule has 162 valence electrons. The first-order valence-electron chi connectivity index (χ1n) is 10.8. The number of hydrogen-bond acceptors (Lipinski definition) is 5. The fourth-order valence-corrected chi connectivity index (χ4v) is 4.21. The zero-order chi connectivity index (χ0) is 20.6. The van der Waals surface area contributed by atoms with E-state index in [2.05, 4.69) is 35.0 Å². The minimum atomic E-state index is 0.0479. The van der Waals surface area contributed by atoms with Crippen molar-refractivity contribution in [2.45, 2.75) is 26.3 Å². The molecule has 3 rings (SSSR count). The molecule has 2 fully saturated rings. The van der Waals surface area contributed by atoms with Crippen LogP contribution in [0.3, 0.4) is 0 Å². The average Bonchev–Trinajstić information content (AvgIpc) is 2.77. The molecule has 29 heavy (non-hydrogen) atoms. The van der Waals surface area contributed by atoms with Crippen molar-refractivity contribution in [3.8, 4) is 5.75 Å². The van der Waals surface area contributed by atoms with Crippen LogP contribution in [0.4, 0.5) is 10.5 Å². The Kier molecular flexibility index (Phi) is 8.00. The highest BCUT2D eigenvalue weighted by Crippen LogP contribution is 2.28. The summed E-state index contributed by atoms with van der Waals surface area (Å²) in [5.41, 5.74) is 1.10. The molecule has 2 amide bonds. The van der Waals surface area contributed by atoms with Crippen LogP contribution in [0, 0.1) is 5.92 Å². The van der Waals surface area contributed by atoms with Crippen molar-refractivity contribution < 1.29 is 14.3 Å². The van der Waals surface area contributed by atoms with Crippen molar-refractivity contribution in [2.75, 3.05) is 71.0 Å². The number of ether oxygens (including phenoxy) is 2. The number of urea groups is 1. The van der Waals surface area contributed by atoms with E-state index in [4.69, 9.17) is 9.47 Å². The Hall–Kier alpha value is -1.99. The van der Waals surface area contributed by atoms with Crippen molar-refractivity contribution in [1.82, 2.24) is 15.1 Å². The van der Waals surface area contributed by atoms with Crippen molar-refractivity contribution in [3.63, 3.8) is 0 Å². The van der Waals surface area contributed by atoms with Gasteiger partial charge in [0.15, 0.2) is 0 Å². The van der Waals surface area contributed by atoms with Gasteiger partial charge in [-0.25, -0.2) is 4.79 Å². The third-order valence-corrected chi connectivity index (χ3v) is 5.79. The Morgan fingerprint density at radius 1 is 1.10 bits per heavy atom. The van der Waals surface area contributed by atoms with Gasteiger partial charge in [0.25, 0.3) is 0 Å². The second-order valence-corrected chi connectivity index (χ2v) is 8.26. The molecule has 0 aliphatic carbocycles. The van der Waals surface area contributed by atoms with Gasteiger partial charge in [-0.15, -0.1) is 0 Å². The summed E-state index contributed by atoms with van der Waals surface area (Å²) < 4.78 is 11.0. The third kappa shape index (κ3) is 6.00. The summed E-state index contributed by atoms with van der Waals surface area (Å²) in [5.74, 6) is 1.48. The van der Waals surface area contributed by atoms with Gasteiger partial charge in [0.05, 0.1) is 26.0 Å². The fourth-order valence-electron chi connectivity index (χ4n) is 4.21. The second kappa shape index (κ2) is 10.7. The van der Waals surface area contributed by atoms with Crippen molar-refractivity contribution in [3.05, 3.63) is 24.3 Å². The number of amides is 2. The molecular formula is C22H36N4O3. The third-order valence-electron chi connectivity index (χ3n) is 5.79. The molecule has 0 bridgehead atoms. The summed E-state index contributed by atoms with van der Waals surface area (Å²) in [6.45, 7) is 11.7. The lowest BCUT2D eigenvalue weighted by molar-refractivity contribution is 0.0127. The zero-order valence-electron chi connectivity index (χ0n) is 18.1. The number of methoxy groups -OCH3 is 1. The molecule has 2 aliphatic heterocycles. The summed E-state index contributed by atoms with van der Waals surface area (Å²) in [6, 6.07) is 8.48. The van der Waals surface area contributed by atoms with Crippen LogP contribution in [-0.2, 0) is 4.74 Å². The Morgan fingerprint density at radius 2 is 1.79 bits per heavy atom. The highest BCUT2D eigenvalue weighted by Gasteiger charge is 2.26. The number of nitrogens with one attached hydrogen (secondary N) is 1. The summed E-state index contributed by atoms with van der Waals surface area (Å²) in [6.07, 6.45) is 1.09. The standard InChI is InChI=1S/C22H36N4O3/c1-18(2)16-19(24-12-14-29-15-13-24)17-23-22(27)26-10-8-25(9-11-26)20-6-4-5-7-21(20)28-3/h4-7,18-19H,8-17H2,1-3H3,(H,23,27)/t19-/m1/s1. The van der Waals surface area contributed by atoms with E-state index in [1.54, 1.807) is 7.11 Å². The van der Waals surface area contributed by atoms with Gasteiger partial charge in [0.1, 0.15) is 5.75 Å². The van der Waals surface area contributed by atoms with E-state index < -0.39 is 0 Å². The number of morpholine rings is 1. The van der Waals surface area contributed by atoms with Crippen LogP contribution in [0.5, 0.6) is 5.75 Å². The summed E-state index contributed by atoms with van der Waals surface area (Å²) in [7, 11) is 1.70. The maximum absolute atomic E-state index is 12.8. The van der Waals surface area contributed by atoms with E-state index in [-0.39, 0.29) is 6.03 Å². The van der Waals surface area contributed by atoms with Crippen LogP contribution in [0.25, 0.3) is 0 Å². The summed E-state index contributed by atoms with van der Waals surface area (Å²) in [4.78, 5) is 19.4. The zero-order valence-corrected chi connectivity index (χ0v) is 18.1. The fraction of sp³-hybridized carbons (Fsp3) is 0.682. The molecular weight excluding hydrogens is 368 g/mol. The molecule has 7 nitrogen and oxygen atoms in total. The van der Waals surface area contributed by atoms with E-state index in [0.29, 0.717) is 18.5 Å². The van der Waals surface area contributed by atoms with Crippen LogP contribution in [0.1, 0.15) is 20.3 Å². The lowest BCUT2D eigenvalue weighted by Gasteiger charge is -2.38. The van der Waals surface area contributed by atoms with Crippen LogP contribution >= 0.6 is 0 Å². The van der Waals surface area contributed by atoms with E-state index in [0.717, 1.165) is 70.3 Å². The Labute approximate surface area is 174 Å². The van der Waals surface area contributed by atoms with Crippen molar-refractivity contribution >= 4 is 11.7 Å². The summed E-state index contributed by atoms with van der Waals surface area (Å²) in [5, 5.41) is 3.19. The largest absolute Gasteiger partial charge is 0.495 e. The maximum Gasteiger partial charge on any atom is 0.317 e. The van der Waals surface area contributed by atoms with Gasteiger partial charge in [-0.2, -0.15) is 0 Å². The molecule has 1 N–H and O–H groups in total. The minimum Gasteiger partial charge on any atom is -0.495 e. The number of benzene rings is 1. The molecule has 1 atom stereocenters. The number of carbonyl (C=O) groups excluding carboxylic acids is 1. The highest BCUT2D eigenvalue weighted by molar-refractivity contribution is 5.74. The molecule has 1 aromatic carbocycles. The minimum absolute atomic E-state index is 0.0479. The smallest absolute Gasteiger partial charge is 0.317 e. The normalized spacial score (nSPS) is 19.3. The van der Waals surface area contributed by atoms with Gasteiger partial charge >= 0.3 is 6.03 Å². The van der Waals surface area contributed by atoms with Crippen LogP contribution in [-0.4, -0.2) is 88.0 Å². The van der Waals surface area contributed by atoms with Crippen molar-refractivity contribution in [2.24, 2.45) is 5.92 Å². The van der Waals surface area contributed by atoms with Crippen LogP contribution < -0.4 is 15.0 Å². The lowest BCUT2D eigenvalue weighted by Crippen LogP contribution is -2.55. The number of rotatable bonds is 7. The number of nitrogens with zero attached hydrogens (tertiary/aromatic N) is 3. The lowest BCUT2D eigenvalue weighted by atomic mass is 10.0. The molecule has 2 saturated heterocycles. The number of anilines is 1. The molecule has 0 saturated carbocycles. The van der Waals surface area contributed by atoms with Crippen molar-refractivity contribution in [1.29, 1.82) is 0 Å². The van der Waals surface area contributed by atoms with Gasteiger partial charge in [0, 0.05) is 51.9 Å². The molecule has 0 aromatic heterocycles. The van der Waals surface area contributed by atoms with Gasteiger partial charge in [-0.1, -0.05) is 26.0 Å². The first-order valence-corrected chi connectivity index (χ1v) is 10.8. The number of para-hydroxylation sites is 2. The predicted octanol–water partition coefficient (Wildman–Crippen LogP) is 2.27. The Morgan fingerprint density at radius 3 is 2.45 bits per heavy atom. The SMILES string of the molecule is COc1ccccc1N1CCN(C(=O)NC[C@@H](CC(C)C)N2CCOCC2)CC1. The predicted molar refractivity (Wildman–Crippen MR) is 116 cm³/mol. The van der Waals surface area contributed by atoms with Gasteiger partial charge < -0.3 is 24.6 Å². The van der Waals surface area contributed by atoms with E-state index in [1.807, 2.05) is 23.1 Å². The molecule has 0 unspecified atom stereocenters. The summed E-state index contributed by atoms with van der Waals surface area (Å²) >= 11 is 0. The molecule has 1 aromatic rings. The number of piperazine rings is 1. The molecule has 7 heteroatoms. The first kappa shape index (κ1) is 21.7. The Balaban J connectivity index is 1.49. The number of hydrogen-bond donors (Lipinski definition) is 1. The van der Waals surface area contributed by atoms with Gasteiger partial charge in [0.2, 0.25) is 0 Å². The van der Waals surface area contributed by atoms with E-state index in [1.165, 1.54) is 0 Å². The first-order chi connectivity index (χ1) is 14.1. The molecule has 0 radical (unpaired) electrons. The molecule has 2 aliphatic rings. The quantitative estimate of drug-likeness (QED) is 0.756. The number of carbonyl (C=O) groups is 1. The monoisotopic (exact) mass is 404 g/mol. The second-order valence-electron chi connectivity index (χ2n) is 8.26. The molecule has 2 heterocycles. The van der Waals surface area contributed by atoms with Gasteiger partial charge in [-0.05, 0) is 24.5 Å². The maximum atomic E-state index is 12.8. The van der Waals surface area contributed by atoms with Gasteiger partial charge in [-0.3, -0.25) is 4.90 Å². The van der Waals surface area contributed by atoms with Crippen LogP contribution in [0.2, 0.25) is 0 Å². The average molecular weight is 405 g/mol. The van der Waals surface area contributed by atoms with E-state index in [9.17, 15) is 4.79 Å². The van der Waals surface area contributed by atoms with E-state index >= 15 is 0 Å². The molecule has 0 spiro atoms. The Bertz CT molecular complexity index is 641.